The van der Waals surface area contributed by atoms with Crippen LogP contribution >= 0.6 is 0 Å². The number of hydrogen-bond acceptors (Lipinski definition) is 2. The van der Waals surface area contributed by atoms with Crippen molar-refractivity contribution in [2.75, 3.05) is 7.11 Å². The van der Waals surface area contributed by atoms with Gasteiger partial charge in [0, 0.05) is 0 Å². The molecule has 2 heteroatoms. The summed E-state index contributed by atoms with van der Waals surface area (Å²) < 4.78 is 4.84. The Bertz CT molecular complexity index is 504. The van der Waals surface area contributed by atoms with Gasteiger partial charge in [-0.3, -0.25) is 4.79 Å². The van der Waals surface area contributed by atoms with E-state index in [-0.39, 0.29) is 11.9 Å². The second kappa shape index (κ2) is 7.26. The molecule has 1 fully saturated rings. The van der Waals surface area contributed by atoms with Gasteiger partial charge in [-0.05, 0) is 42.6 Å². The molecule has 3 atom stereocenters. The van der Waals surface area contributed by atoms with Crippen LogP contribution in [-0.2, 0) is 9.53 Å². The Balaban J connectivity index is 2.18. The van der Waals surface area contributed by atoms with Gasteiger partial charge in [0.2, 0.25) is 0 Å². The fourth-order valence-corrected chi connectivity index (χ4v) is 3.36. The van der Waals surface area contributed by atoms with E-state index < -0.39 is 0 Å². The molecule has 0 saturated heterocycles. The van der Waals surface area contributed by atoms with Crippen LogP contribution in [0.4, 0.5) is 0 Å². The zero-order valence-electron chi connectivity index (χ0n) is 12.8. The van der Waals surface area contributed by atoms with Crippen molar-refractivity contribution in [2.24, 2.45) is 11.8 Å². The lowest BCUT2D eigenvalue weighted by Crippen LogP contribution is -2.26. The SMILES string of the molecule is C=CCC1CC(c2ccccc2)CC(CC(=O)OC)C1=C. The number of hydrogen-bond donors (Lipinski definition) is 0. The maximum absolute atomic E-state index is 11.6. The Morgan fingerprint density at radius 1 is 1.29 bits per heavy atom. The first-order valence-electron chi connectivity index (χ1n) is 7.57. The summed E-state index contributed by atoms with van der Waals surface area (Å²) >= 11 is 0. The highest BCUT2D eigenvalue weighted by atomic mass is 16.5. The third-order valence-electron chi connectivity index (χ3n) is 4.55. The number of carbonyl (C=O) groups excluding carboxylic acids is 1. The van der Waals surface area contributed by atoms with Gasteiger partial charge in [0.1, 0.15) is 0 Å². The number of methoxy groups -OCH3 is 1. The van der Waals surface area contributed by atoms with Gasteiger partial charge in [-0.1, -0.05) is 48.6 Å². The largest absolute Gasteiger partial charge is 0.469 e. The van der Waals surface area contributed by atoms with E-state index in [4.69, 9.17) is 4.74 Å². The van der Waals surface area contributed by atoms with Crippen molar-refractivity contribution >= 4 is 5.97 Å². The Kier molecular flexibility index (Phi) is 5.38. The van der Waals surface area contributed by atoms with Crippen LogP contribution in [0.3, 0.4) is 0 Å². The van der Waals surface area contributed by atoms with Crippen LogP contribution in [0.2, 0.25) is 0 Å². The smallest absolute Gasteiger partial charge is 0.306 e. The summed E-state index contributed by atoms with van der Waals surface area (Å²) in [6, 6.07) is 10.6. The van der Waals surface area contributed by atoms with Crippen LogP contribution < -0.4 is 0 Å². The normalized spacial score (nSPS) is 25.4. The molecular formula is C19H24O2. The van der Waals surface area contributed by atoms with Crippen LogP contribution in [0, 0.1) is 11.8 Å². The Morgan fingerprint density at radius 3 is 2.57 bits per heavy atom. The first-order chi connectivity index (χ1) is 10.2. The number of allylic oxidation sites excluding steroid dienone is 2. The van der Waals surface area contributed by atoms with E-state index in [9.17, 15) is 4.79 Å². The highest BCUT2D eigenvalue weighted by molar-refractivity contribution is 5.70. The van der Waals surface area contributed by atoms with Gasteiger partial charge in [-0.2, -0.15) is 0 Å². The molecular weight excluding hydrogens is 260 g/mol. The van der Waals surface area contributed by atoms with Crippen molar-refractivity contribution in [1.82, 2.24) is 0 Å². The molecule has 0 heterocycles. The molecule has 1 saturated carbocycles. The van der Waals surface area contributed by atoms with Crippen molar-refractivity contribution in [2.45, 2.75) is 31.6 Å². The molecule has 1 aliphatic rings. The zero-order chi connectivity index (χ0) is 15.2. The lowest BCUT2D eigenvalue weighted by molar-refractivity contribution is -0.141. The molecule has 0 aromatic heterocycles. The van der Waals surface area contributed by atoms with Crippen molar-refractivity contribution in [3.63, 3.8) is 0 Å². The van der Waals surface area contributed by atoms with Gasteiger partial charge in [-0.25, -0.2) is 0 Å². The highest BCUT2D eigenvalue weighted by Gasteiger charge is 2.33. The van der Waals surface area contributed by atoms with Gasteiger partial charge in [0.05, 0.1) is 13.5 Å². The Morgan fingerprint density at radius 2 is 1.95 bits per heavy atom. The van der Waals surface area contributed by atoms with E-state index in [1.54, 1.807) is 0 Å². The van der Waals surface area contributed by atoms with Crippen molar-refractivity contribution in [1.29, 1.82) is 0 Å². The standard InChI is InChI=1S/C19H24O2/c1-4-8-16-11-18(15-9-6-5-7-10-15)12-17(14(16)2)13-19(20)21-3/h4-7,9-10,16-18H,1-2,8,11-13H2,3H3. The van der Waals surface area contributed by atoms with Crippen LogP contribution in [0.15, 0.2) is 55.1 Å². The van der Waals surface area contributed by atoms with Gasteiger partial charge in [0.25, 0.3) is 0 Å². The first kappa shape index (κ1) is 15.6. The summed E-state index contributed by atoms with van der Waals surface area (Å²) in [4.78, 5) is 11.6. The molecule has 21 heavy (non-hydrogen) atoms. The molecule has 2 rings (SSSR count). The van der Waals surface area contributed by atoms with Gasteiger partial charge in [0.15, 0.2) is 0 Å². The molecule has 0 spiro atoms. The average Bonchev–Trinajstić information content (AvgIpc) is 2.52. The Hall–Kier alpha value is -1.83. The molecule has 0 aliphatic heterocycles. The molecule has 1 aliphatic carbocycles. The van der Waals surface area contributed by atoms with E-state index in [1.165, 1.54) is 18.2 Å². The Labute approximate surface area is 127 Å². The fraction of sp³-hybridized carbons (Fsp3) is 0.421. The third kappa shape index (κ3) is 3.84. The zero-order valence-corrected chi connectivity index (χ0v) is 12.8. The number of carbonyl (C=O) groups is 1. The number of rotatable bonds is 5. The molecule has 0 bridgehead atoms. The van der Waals surface area contributed by atoms with Gasteiger partial charge in [-0.15, -0.1) is 6.58 Å². The maximum atomic E-state index is 11.6. The van der Waals surface area contributed by atoms with E-state index in [2.05, 4.69) is 37.4 Å². The van der Waals surface area contributed by atoms with Gasteiger partial charge >= 0.3 is 5.97 Å². The summed E-state index contributed by atoms with van der Waals surface area (Å²) in [5.74, 6) is 0.959. The quantitative estimate of drug-likeness (QED) is 0.588. The predicted molar refractivity (Wildman–Crippen MR) is 86.0 cm³/mol. The number of ether oxygens (including phenoxy) is 1. The highest BCUT2D eigenvalue weighted by Crippen LogP contribution is 2.44. The summed E-state index contributed by atoms with van der Waals surface area (Å²) in [7, 11) is 1.45. The van der Waals surface area contributed by atoms with Crippen LogP contribution in [0.25, 0.3) is 0 Å². The average molecular weight is 284 g/mol. The van der Waals surface area contributed by atoms with E-state index in [0.29, 0.717) is 18.3 Å². The second-order valence-electron chi connectivity index (χ2n) is 5.85. The van der Waals surface area contributed by atoms with Crippen molar-refractivity contribution in [3.05, 3.63) is 60.7 Å². The topological polar surface area (TPSA) is 26.3 Å². The van der Waals surface area contributed by atoms with Crippen LogP contribution in [0.1, 0.15) is 37.2 Å². The summed E-state index contributed by atoms with van der Waals surface area (Å²) in [6.07, 6.45) is 5.39. The molecule has 0 amide bonds. The lowest BCUT2D eigenvalue weighted by Gasteiger charge is -2.37. The minimum absolute atomic E-state index is 0.146. The monoisotopic (exact) mass is 284 g/mol. The summed E-state index contributed by atoms with van der Waals surface area (Å²) in [6.45, 7) is 8.11. The molecule has 1 aromatic carbocycles. The van der Waals surface area contributed by atoms with Crippen LogP contribution in [0.5, 0.6) is 0 Å². The second-order valence-corrected chi connectivity index (χ2v) is 5.85. The number of benzene rings is 1. The predicted octanol–water partition coefficient (Wildman–Crippen LogP) is 4.49. The fourth-order valence-electron chi connectivity index (χ4n) is 3.36. The first-order valence-corrected chi connectivity index (χ1v) is 7.57. The minimum Gasteiger partial charge on any atom is -0.469 e. The molecule has 1 aromatic rings. The third-order valence-corrected chi connectivity index (χ3v) is 4.55. The molecule has 0 radical (unpaired) electrons. The van der Waals surface area contributed by atoms with E-state index in [0.717, 1.165) is 19.3 Å². The molecule has 112 valence electrons. The van der Waals surface area contributed by atoms with Crippen LogP contribution in [-0.4, -0.2) is 13.1 Å². The van der Waals surface area contributed by atoms with Crippen molar-refractivity contribution in [3.8, 4) is 0 Å². The summed E-state index contributed by atoms with van der Waals surface area (Å²) in [5, 5.41) is 0. The molecule has 2 nitrogen and oxygen atoms in total. The van der Waals surface area contributed by atoms with E-state index in [1.807, 2.05) is 12.1 Å². The molecule has 3 unspecified atom stereocenters. The lowest BCUT2D eigenvalue weighted by atomic mass is 9.68. The van der Waals surface area contributed by atoms with E-state index >= 15 is 0 Å². The summed E-state index contributed by atoms with van der Waals surface area (Å²) in [5.41, 5.74) is 2.54. The minimum atomic E-state index is -0.146. The van der Waals surface area contributed by atoms with Gasteiger partial charge < -0.3 is 4.74 Å². The van der Waals surface area contributed by atoms with Crippen molar-refractivity contribution < 1.29 is 9.53 Å². The molecule has 0 N–H and O–H groups in total. The number of esters is 1. The maximum Gasteiger partial charge on any atom is 0.306 e.